The van der Waals surface area contributed by atoms with E-state index in [1.165, 1.54) is 0 Å². The minimum atomic E-state index is -0.359. The van der Waals surface area contributed by atoms with Crippen molar-refractivity contribution < 1.29 is 14.3 Å². The van der Waals surface area contributed by atoms with Crippen LogP contribution < -0.4 is 0 Å². The summed E-state index contributed by atoms with van der Waals surface area (Å²) in [6.45, 7) is 5.82. The maximum absolute atomic E-state index is 11.5. The third kappa shape index (κ3) is 2.49. The summed E-state index contributed by atoms with van der Waals surface area (Å²) in [4.78, 5) is 15.6. The fourth-order valence-corrected chi connectivity index (χ4v) is 2.00. The van der Waals surface area contributed by atoms with Crippen LogP contribution in [-0.2, 0) is 15.0 Å². The van der Waals surface area contributed by atoms with Crippen LogP contribution in [0, 0.1) is 0 Å². The van der Waals surface area contributed by atoms with Crippen LogP contribution in [0.15, 0.2) is 12.5 Å². The molecule has 1 fully saturated rings. The fraction of sp³-hybridized carbons (Fsp3) is 0.667. The molecule has 17 heavy (non-hydrogen) atoms. The number of carbonyl (C=O) groups is 1. The Balaban J connectivity index is 2.14. The van der Waals surface area contributed by atoms with Gasteiger partial charge in [0.2, 0.25) is 0 Å². The summed E-state index contributed by atoms with van der Waals surface area (Å²) in [5.41, 5.74) is 0.371. The summed E-state index contributed by atoms with van der Waals surface area (Å²) in [7, 11) is 0. The van der Waals surface area contributed by atoms with Crippen molar-refractivity contribution in [1.82, 2.24) is 9.55 Å². The van der Waals surface area contributed by atoms with Gasteiger partial charge in [-0.05, 0) is 26.7 Å². The van der Waals surface area contributed by atoms with Crippen LogP contribution in [0.3, 0.4) is 0 Å². The largest absolute Gasteiger partial charge is 0.461 e. The van der Waals surface area contributed by atoms with Gasteiger partial charge in [-0.1, -0.05) is 0 Å². The van der Waals surface area contributed by atoms with E-state index in [0.717, 1.165) is 26.1 Å². The van der Waals surface area contributed by atoms with Crippen molar-refractivity contribution in [3.8, 4) is 0 Å². The first-order valence-electron chi connectivity index (χ1n) is 5.95. The third-order valence-corrected chi connectivity index (χ3v) is 3.26. The zero-order valence-corrected chi connectivity index (χ0v) is 10.3. The second kappa shape index (κ2) is 4.87. The van der Waals surface area contributed by atoms with Gasteiger partial charge >= 0.3 is 5.97 Å². The first kappa shape index (κ1) is 12.1. The minimum absolute atomic E-state index is 0.00397. The Morgan fingerprint density at radius 3 is 2.94 bits per heavy atom. The summed E-state index contributed by atoms with van der Waals surface area (Å²) < 4.78 is 12.3. The molecular weight excluding hydrogens is 220 g/mol. The van der Waals surface area contributed by atoms with Gasteiger partial charge in [-0.2, -0.15) is 0 Å². The van der Waals surface area contributed by atoms with E-state index in [1.807, 2.05) is 4.57 Å². The Labute approximate surface area is 101 Å². The number of carbonyl (C=O) groups excluding carboxylic acids is 1. The fourth-order valence-electron chi connectivity index (χ4n) is 2.00. The number of hydrogen-bond acceptors (Lipinski definition) is 4. The molecule has 0 saturated carbocycles. The summed E-state index contributed by atoms with van der Waals surface area (Å²) >= 11 is 0. The molecule has 0 spiro atoms. The number of nitrogens with zero attached hydrogens (tertiary/aromatic N) is 2. The summed E-state index contributed by atoms with van der Waals surface area (Å²) in [6, 6.07) is 0. The summed E-state index contributed by atoms with van der Waals surface area (Å²) in [5.74, 6) is -0.359. The van der Waals surface area contributed by atoms with E-state index in [-0.39, 0.29) is 11.5 Å². The SMILES string of the molecule is CCOC(=O)c1cn(C2(C)CCOCC2)cn1. The molecule has 2 rings (SSSR count). The van der Waals surface area contributed by atoms with E-state index >= 15 is 0 Å². The molecule has 1 aromatic heterocycles. The number of imidazole rings is 1. The van der Waals surface area contributed by atoms with Crippen LogP contribution >= 0.6 is 0 Å². The maximum Gasteiger partial charge on any atom is 0.358 e. The van der Waals surface area contributed by atoms with Gasteiger partial charge in [-0.15, -0.1) is 0 Å². The van der Waals surface area contributed by atoms with Crippen LogP contribution in [-0.4, -0.2) is 35.3 Å². The number of ether oxygens (including phenoxy) is 2. The molecule has 0 aromatic carbocycles. The Bertz CT molecular complexity index is 394. The van der Waals surface area contributed by atoms with Crippen LogP contribution in [0.2, 0.25) is 0 Å². The molecule has 5 nitrogen and oxygen atoms in total. The van der Waals surface area contributed by atoms with E-state index < -0.39 is 0 Å². The lowest BCUT2D eigenvalue weighted by Crippen LogP contribution is -2.35. The average molecular weight is 238 g/mol. The molecule has 1 aromatic rings. The van der Waals surface area contributed by atoms with Crippen LogP contribution in [0.5, 0.6) is 0 Å². The minimum Gasteiger partial charge on any atom is -0.461 e. The highest BCUT2D eigenvalue weighted by molar-refractivity contribution is 5.86. The molecule has 5 heteroatoms. The van der Waals surface area contributed by atoms with Crippen molar-refractivity contribution in [3.05, 3.63) is 18.2 Å². The number of esters is 1. The van der Waals surface area contributed by atoms with Gasteiger partial charge in [0.1, 0.15) is 0 Å². The summed E-state index contributed by atoms with van der Waals surface area (Å²) in [5, 5.41) is 0. The molecule has 0 unspecified atom stereocenters. The number of rotatable bonds is 3. The lowest BCUT2D eigenvalue weighted by atomic mass is 9.92. The molecular formula is C12H18N2O3. The molecule has 1 saturated heterocycles. The lowest BCUT2D eigenvalue weighted by Gasteiger charge is -2.34. The molecule has 0 N–H and O–H groups in total. The van der Waals surface area contributed by atoms with E-state index in [0.29, 0.717) is 12.3 Å². The Hall–Kier alpha value is -1.36. The predicted molar refractivity (Wildman–Crippen MR) is 61.9 cm³/mol. The first-order chi connectivity index (χ1) is 8.15. The highest BCUT2D eigenvalue weighted by atomic mass is 16.5. The molecule has 0 amide bonds. The monoisotopic (exact) mass is 238 g/mol. The van der Waals surface area contributed by atoms with Crippen molar-refractivity contribution in [1.29, 1.82) is 0 Å². The van der Waals surface area contributed by atoms with Crippen molar-refractivity contribution in [2.45, 2.75) is 32.2 Å². The van der Waals surface area contributed by atoms with Crippen LogP contribution in [0.4, 0.5) is 0 Å². The predicted octanol–water partition coefficient (Wildman–Crippen LogP) is 1.59. The Kier molecular flexibility index (Phi) is 3.47. The standard InChI is InChI=1S/C12H18N2O3/c1-3-17-11(15)10-8-14(9-13-10)12(2)4-6-16-7-5-12/h8-9H,3-7H2,1-2H3. The molecule has 1 aliphatic rings. The third-order valence-electron chi connectivity index (χ3n) is 3.26. The van der Waals surface area contributed by atoms with Crippen molar-refractivity contribution in [2.75, 3.05) is 19.8 Å². The Morgan fingerprint density at radius 2 is 2.29 bits per heavy atom. The molecule has 1 aliphatic heterocycles. The molecule has 2 heterocycles. The van der Waals surface area contributed by atoms with Gasteiger partial charge in [0.15, 0.2) is 5.69 Å². The smallest absolute Gasteiger partial charge is 0.358 e. The first-order valence-corrected chi connectivity index (χ1v) is 5.95. The zero-order chi connectivity index (χ0) is 12.3. The zero-order valence-electron chi connectivity index (χ0n) is 10.3. The number of hydrogen-bond donors (Lipinski definition) is 0. The normalized spacial score (nSPS) is 18.9. The highest BCUT2D eigenvalue weighted by Crippen LogP contribution is 2.28. The van der Waals surface area contributed by atoms with Gasteiger partial charge in [0, 0.05) is 24.9 Å². The molecule has 0 radical (unpaired) electrons. The van der Waals surface area contributed by atoms with Gasteiger partial charge in [0.25, 0.3) is 0 Å². The second-order valence-electron chi connectivity index (χ2n) is 4.50. The van der Waals surface area contributed by atoms with Crippen molar-refractivity contribution >= 4 is 5.97 Å². The molecule has 94 valence electrons. The van der Waals surface area contributed by atoms with Crippen LogP contribution in [0.25, 0.3) is 0 Å². The van der Waals surface area contributed by atoms with Gasteiger partial charge < -0.3 is 14.0 Å². The van der Waals surface area contributed by atoms with Gasteiger partial charge in [-0.3, -0.25) is 0 Å². The van der Waals surface area contributed by atoms with Gasteiger partial charge in [0.05, 0.1) is 12.9 Å². The van der Waals surface area contributed by atoms with E-state index in [4.69, 9.17) is 9.47 Å². The van der Waals surface area contributed by atoms with Crippen molar-refractivity contribution in [2.24, 2.45) is 0 Å². The molecule has 0 bridgehead atoms. The van der Waals surface area contributed by atoms with E-state index in [9.17, 15) is 4.79 Å². The highest BCUT2D eigenvalue weighted by Gasteiger charge is 2.29. The number of aromatic nitrogens is 2. The van der Waals surface area contributed by atoms with Crippen LogP contribution in [0.1, 0.15) is 37.2 Å². The molecule has 0 aliphatic carbocycles. The average Bonchev–Trinajstić information content (AvgIpc) is 2.80. The topological polar surface area (TPSA) is 53.4 Å². The summed E-state index contributed by atoms with van der Waals surface area (Å²) in [6.07, 6.45) is 5.35. The second-order valence-corrected chi connectivity index (χ2v) is 4.50. The lowest BCUT2D eigenvalue weighted by molar-refractivity contribution is 0.0293. The maximum atomic E-state index is 11.5. The van der Waals surface area contributed by atoms with E-state index in [2.05, 4.69) is 11.9 Å². The van der Waals surface area contributed by atoms with E-state index in [1.54, 1.807) is 19.4 Å². The quantitative estimate of drug-likeness (QED) is 0.750. The van der Waals surface area contributed by atoms with Gasteiger partial charge in [-0.25, -0.2) is 9.78 Å². The van der Waals surface area contributed by atoms with Crippen molar-refractivity contribution in [3.63, 3.8) is 0 Å². The molecule has 0 atom stereocenters. The Morgan fingerprint density at radius 1 is 1.59 bits per heavy atom.